The summed E-state index contributed by atoms with van der Waals surface area (Å²) in [7, 11) is -2.66. The number of nitrogen functional groups attached to an aromatic ring is 1. The Morgan fingerprint density at radius 2 is 1.61 bits per heavy atom. The number of nitrogens with one attached hydrogen (secondary N) is 2. The van der Waals surface area contributed by atoms with Crippen molar-refractivity contribution in [3.8, 4) is 28.4 Å². The van der Waals surface area contributed by atoms with Crippen LogP contribution in [-0.4, -0.2) is 27.1 Å². The summed E-state index contributed by atoms with van der Waals surface area (Å²) in [6, 6.07) is 18.1. The minimum Gasteiger partial charge on any atom is -0.497 e. The number of ether oxygens (including phenoxy) is 2. The van der Waals surface area contributed by atoms with Crippen LogP contribution < -0.4 is 25.2 Å². The van der Waals surface area contributed by atoms with Gasteiger partial charge in [0.15, 0.2) is 0 Å². The molecule has 4 N–H and O–H groups in total. The van der Waals surface area contributed by atoms with E-state index in [0.29, 0.717) is 5.75 Å². The summed E-state index contributed by atoms with van der Waals surface area (Å²) in [5.74, 6) is 1.20. The first-order valence-corrected chi connectivity index (χ1v) is 11.6. The SMILES string of the molecule is COc1ccc(-c2cccc(Oc3ccc(N)cc3S(=O)(=O)NC(=O)NC(C)(C)C)c2)cc1. The van der Waals surface area contributed by atoms with Crippen LogP contribution in [0.25, 0.3) is 11.1 Å². The summed E-state index contributed by atoms with van der Waals surface area (Å²) in [6.07, 6.45) is 0. The van der Waals surface area contributed by atoms with E-state index in [-0.39, 0.29) is 16.3 Å². The van der Waals surface area contributed by atoms with Crippen molar-refractivity contribution in [1.29, 1.82) is 0 Å². The van der Waals surface area contributed by atoms with Gasteiger partial charge in [0.1, 0.15) is 22.1 Å². The lowest BCUT2D eigenvalue weighted by Gasteiger charge is -2.21. The molecular formula is C24H27N3O5S. The van der Waals surface area contributed by atoms with Gasteiger partial charge in [-0.05, 0) is 74.4 Å². The molecule has 3 aromatic carbocycles. The van der Waals surface area contributed by atoms with Crippen molar-refractivity contribution in [3.05, 3.63) is 66.7 Å². The molecule has 0 atom stereocenters. The highest BCUT2D eigenvalue weighted by atomic mass is 32.2. The Balaban J connectivity index is 1.90. The van der Waals surface area contributed by atoms with Crippen LogP contribution in [0.3, 0.4) is 0 Å². The number of benzene rings is 3. The third kappa shape index (κ3) is 6.39. The highest BCUT2D eigenvalue weighted by Crippen LogP contribution is 2.33. The molecule has 3 rings (SSSR count). The van der Waals surface area contributed by atoms with Gasteiger partial charge in [0.2, 0.25) is 0 Å². The Morgan fingerprint density at radius 3 is 2.24 bits per heavy atom. The van der Waals surface area contributed by atoms with Gasteiger partial charge in [0.05, 0.1) is 7.11 Å². The smallest absolute Gasteiger partial charge is 0.329 e. The van der Waals surface area contributed by atoms with Crippen molar-refractivity contribution in [1.82, 2.24) is 10.0 Å². The minimum atomic E-state index is -4.26. The van der Waals surface area contributed by atoms with Crippen LogP contribution in [0, 0.1) is 0 Å². The van der Waals surface area contributed by atoms with Crippen molar-refractivity contribution in [3.63, 3.8) is 0 Å². The first-order valence-electron chi connectivity index (χ1n) is 10.1. The van der Waals surface area contributed by atoms with Crippen LogP contribution in [0.2, 0.25) is 0 Å². The number of hydrogen-bond donors (Lipinski definition) is 3. The minimum absolute atomic E-state index is 0.0344. The fourth-order valence-electron chi connectivity index (χ4n) is 3.01. The van der Waals surface area contributed by atoms with Crippen molar-refractivity contribution >= 4 is 21.7 Å². The first-order chi connectivity index (χ1) is 15.5. The van der Waals surface area contributed by atoms with E-state index in [0.717, 1.165) is 16.9 Å². The number of carbonyl (C=O) groups is 1. The fraction of sp³-hybridized carbons (Fsp3) is 0.208. The zero-order valence-corrected chi connectivity index (χ0v) is 19.7. The molecule has 0 unspecified atom stereocenters. The predicted molar refractivity (Wildman–Crippen MR) is 128 cm³/mol. The van der Waals surface area contributed by atoms with Gasteiger partial charge in [-0.15, -0.1) is 0 Å². The molecule has 0 bridgehead atoms. The van der Waals surface area contributed by atoms with E-state index in [1.807, 2.05) is 35.1 Å². The van der Waals surface area contributed by atoms with Crippen LogP contribution >= 0.6 is 0 Å². The average Bonchev–Trinajstić information content (AvgIpc) is 2.73. The van der Waals surface area contributed by atoms with Crippen molar-refractivity contribution < 1.29 is 22.7 Å². The number of hydrogen-bond acceptors (Lipinski definition) is 6. The molecule has 9 heteroatoms. The quantitative estimate of drug-likeness (QED) is 0.457. The molecule has 0 spiro atoms. The van der Waals surface area contributed by atoms with E-state index < -0.39 is 21.6 Å². The summed E-state index contributed by atoms with van der Waals surface area (Å²) in [5, 5.41) is 2.55. The van der Waals surface area contributed by atoms with E-state index in [9.17, 15) is 13.2 Å². The largest absolute Gasteiger partial charge is 0.497 e. The van der Waals surface area contributed by atoms with E-state index in [1.165, 1.54) is 18.2 Å². The van der Waals surface area contributed by atoms with Gasteiger partial charge in [-0.2, -0.15) is 0 Å². The van der Waals surface area contributed by atoms with Crippen LogP contribution in [0.15, 0.2) is 71.6 Å². The molecule has 0 saturated heterocycles. The number of nitrogens with two attached hydrogens (primary N) is 1. The standard InChI is InChI=1S/C24H27N3O5S/c1-24(2,3)26-23(28)27-33(29,30)22-15-18(25)10-13-21(22)32-20-7-5-6-17(14-20)16-8-11-19(31-4)12-9-16/h5-15H,25H2,1-4H3,(H2,26,27,28). The second-order valence-electron chi connectivity index (χ2n) is 8.37. The van der Waals surface area contributed by atoms with Crippen molar-refractivity contribution in [2.45, 2.75) is 31.2 Å². The van der Waals surface area contributed by atoms with Gasteiger partial charge >= 0.3 is 6.03 Å². The molecule has 0 radical (unpaired) electrons. The Morgan fingerprint density at radius 1 is 0.909 bits per heavy atom. The Kier molecular flexibility index (Phi) is 6.83. The number of urea groups is 1. The molecule has 33 heavy (non-hydrogen) atoms. The summed E-state index contributed by atoms with van der Waals surface area (Å²) in [6.45, 7) is 5.22. The van der Waals surface area contributed by atoms with Gasteiger partial charge in [-0.1, -0.05) is 24.3 Å². The van der Waals surface area contributed by atoms with Crippen molar-refractivity contribution in [2.75, 3.05) is 12.8 Å². The van der Waals surface area contributed by atoms with Crippen LogP contribution in [0.5, 0.6) is 17.2 Å². The Hall–Kier alpha value is -3.72. The molecule has 8 nitrogen and oxygen atoms in total. The normalized spacial score (nSPS) is 11.5. The molecule has 0 aliphatic carbocycles. The van der Waals surface area contributed by atoms with Crippen molar-refractivity contribution in [2.24, 2.45) is 0 Å². The molecule has 2 amide bonds. The topological polar surface area (TPSA) is 120 Å². The predicted octanol–water partition coefficient (Wildman–Crippen LogP) is 4.52. The molecule has 174 valence electrons. The average molecular weight is 470 g/mol. The van der Waals surface area contributed by atoms with Crippen LogP contribution in [0.1, 0.15) is 20.8 Å². The third-order valence-electron chi connectivity index (χ3n) is 4.46. The van der Waals surface area contributed by atoms with Gasteiger partial charge in [-0.3, -0.25) is 0 Å². The molecule has 0 aliphatic heterocycles. The second-order valence-corrected chi connectivity index (χ2v) is 10.0. The molecule has 3 aromatic rings. The number of rotatable bonds is 6. The zero-order chi connectivity index (χ0) is 24.2. The Labute approximate surface area is 193 Å². The zero-order valence-electron chi connectivity index (χ0n) is 18.9. The number of anilines is 1. The highest BCUT2D eigenvalue weighted by Gasteiger charge is 2.25. The van der Waals surface area contributed by atoms with Crippen LogP contribution in [0.4, 0.5) is 10.5 Å². The Bertz CT molecular complexity index is 1250. The molecule has 0 aliphatic rings. The van der Waals surface area contributed by atoms with E-state index in [2.05, 4.69) is 5.32 Å². The number of amides is 2. The van der Waals surface area contributed by atoms with E-state index in [4.69, 9.17) is 15.2 Å². The number of carbonyl (C=O) groups excluding carboxylic acids is 1. The third-order valence-corrected chi connectivity index (χ3v) is 5.81. The number of methoxy groups -OCH3 is 1. The maximum Gasteiger partial charge on any atom is 0.329 e. The summed E-state index contributed by atoms with van der Waals surface area (Å²) >= 11 is 0. The first kappa shape index (κ1) is 23.9. The maximum absolute atomic E-state index is 12.9. The molecule has 0 fully saturated rings. The highest BCUT2D eigenvalue weighted by molar-refractivity contribution is 7.90. The fourth-order valence-corrected chi connectivity index (χ4v) is 4.08. The second kappa shape index (κ2) is 9.41. The molecular weight excluding hydrogens is 442 g/mol. The summed E-state index contributed by atoms with van der Waals surface area (Å²) in [4.78, 5) is 11.9. The van der Waals surface area contributed by atoms with Crippen LogP contribution in [-0.2, 0) is 10.0 Å². The lowest BCUT2D eigenvalue weighted by Crippen LogP contribution is -2.48. The van der Waals surface area contributed by atoms with E-state index >= 15 is 0 Å². The summed E-state index contributed by atoms with van der Waals surface area (Å²) < 4.78 is 38.9. The molecule has 0 saturated carbocycles. The van der Waals surface area contributed by atoms with Gasteiger partial charge in [-0.25, -0.2) is 17.9 Å². The van der Waals surface area contributed by atoms with E-state index in [1.54, 1.807) is 46.1 Å². The van der Waals surface area contributed by atoms with Gasteiger partial charge in [0.25, 0.3) is 10.0 Å². The van der Waals surface area contributed by atoms with Gasteiger partial charge < -0.3 is 20.5 Å². The summed E-state index contributed by atoms with van der Waals surface area (Å²) in [5.41, 5.74) is 7.22. The molecule has 0 heterocycles. The maximum atomic E-state index is 12.9. The lowest BCUT2D eigenvalue weighted by molar-refractivity contribution is 0.237. The lowest BCUT2D eigenvalue weighted by atomic mass is 10.1. The molecule has 0 aromatic heterocycles. The van der Waals surface area contributed by atoms with Gasteiger partial charge in [0, 0.05) is 11.2 Å². The number of sulfonamides is 1. The monoisotopic (exact) mass is 469 g/mol.